The molecule has 2 aromatic heterocycles. The first-order valence-corrected chi connectivity index (χ1v) is 14.6. The molecule has 0 radical (unpaired) electrons. The first kappa shape index (κ1) is 30.3. The molecule has 3 amide bonds. The highest BCUT2D eigenvalue weighted by atomic mass is 16.5. The number of methoxy groups -OCH3 is 1. The molecule has 10 heteroatoms. The number of aromatic nitrogens is 3. The molecule has 2 N–H and O–H groups in total. The van der Waals surface area contributed by atoms with Crippen molar-refractivity contribution < 1.29 is 19.1 Å². The van der Waals surface area contributed by atoms with E-state index >= 15 is 0 Å². The number of hydrogen-bond acceptors (Lipinski definition) is 6. The summed E-state index contributed by atoms with van der Waals surface area (Å²) in [5, 5.41) is 3.17. The van der Waals surface area contributed by atoms with Crippen molar-refractivity contribution in [3.8, 4) is 5.75 Å². The second-order valence-electron chi connectivity index (χ2n) is 11.8. The highest BCUT2D eigenvalue weighted by Gasteiger charge is 2.36. The van der Waals surface area contributed by atoms with Gasteiger partial charge in [-0.1, -0.05) is 45.0 Å². The third-order valence-corrected chi connectivity index (χ3v) is 7.79. The zero-order chi connectivity index (χ0) is 31.3. The van der Waals surface area contributed by atoms with E-state index in [1.807, 2.05) is 24.3 Å². The number of aromatic amines is 1. The van der Waals surface area contributed by atoms with Crippen LogP contribution in [-0.4, -0.2) is 63.8 Å². The molecule has 0 saturated carbocycles. The van der Waals surface area contributed by atoms with Crippen LogP contribution in [0.25, 0.3) is 0 Å². The molecule has 1 fully saturated rings. The molecule has 44 heavy (non-hydrogen) atoms. The number of nitrogens with zero attached hydrogens (tertiary/aromatic N) is 4. The van der Waals surface area contributed by atoms with Gasteiger partial charge in [0.1, 0.15) is 11.7 Å². The van der Waals surface area contributed by atoms with E-state index in [1.54, 1.807) is 41.6 Å². The molecule has 1 aliphatic rings. The van der Waals surface area contributed by atoms with E-state index in [1.165, 1.54) is 24.5 Å². The van der Waals surface area contributed by atoms with Gasteiger partial charge >= 0.3 is 0 Å². The van der Waals surface area contributed by atoms with E-state index in [-0.39, 0.29) is 29.0 Å². The molecule has 2 aromatic carbocycles. The Hall–Kier alpha value is -5.17. The van der Waals surface area contributed by atoms with Gasteiger partial charge in [0.25, 0.3) is 11.8 Å². The van der Waals surface area contributed by atoms with Crippen molar-refractivity contribution in [3.63, 3.8) is 0 Å². The number of ether oxygens (including phenoxy) is 1. The van der Waals surface area contributed by atoms with E-state index in [2.05, 4.69) is 53.2 Å². The molecule has 1 atom stereocenters. The first-order chi connectivity index (χ1) is 21.2. The summed E-state index contributed by atoms with van der Waals surface area (Å²) < 4.78 is 5.29. The zero-order valence-electron chi connectivity index (χ0n) is 25.3. The van der Waals surface area contributed by atoms with E-state index in [0.717, 1.165) is 5.56 Å². The molecule has 3 heterocycles. The number of piperidine rings is 1. The van der Waals surface area contributed by atoms with Gasteiger partial charge in [-0.05, 0) is 60.2 Å². The number of hydrogen-bond donors (Lipinski definition) is 2. The number of benzene rings is 1. The number of carbonyl (C=O) groups is 3. The molecule has 4 aromatic rings. The van der Waals surface area contributed by atoms with E-state index in [9.17, 15) is 14.4 Å². The molecule has 226 valence electrons. The lowest BCUT2D eigenvalue weighted by Crippen LogP contribution is -2.50. The summed E-state index contributed by atoms with van der Waals surface area (Å²) in [5.74, 6) is -0.545. The number of likely N-dealkylation sites (tertiary alicyclic amines) is 1. The van der Waals surface area contributed by atoms with Crippen LogP contribution in [0.2, 0.25) is 0 Å². The third-order valence-electron chi connectivity index (χ3n) is 7.79. The second-order valence-corrected chi connectivity index (χ2v) is 11.8. The summed E-state index contributed by atoms with van der Waals surface area (Å²) >= 11 is 0. The van der Waals surface area contributed by atoms with Crippen LogP contribution >= 0.6 is 0 Å². The number of anilines is 1. The van der Waals surface area contributed by atoms with Crippen LogP contribution in [0, 0.1) is 12.1 Å². The van der Waals surface area contributed by atoms with Crippen LogP contribution in [0.3, 0.4) is 0 Å². The topological polar surface area (TPSA) is 121 Å². The van der Waals surface area contributed by atoms with Crippen molar-refractivity contribution in [2.45, 2.75) is 51.1 Å². The van der Waals surface area contributed by atoms with Crippen molar-refractivity contribution in [2.24, 2.45) is 0 Å². The average Bonchev–Trinajstić information content (AvgIpc) is 3.59. The van der Waals surface area contributed by atoms with Crippen molar-refractivity contribution in [3.05, 3.63) is 108 Å². The monoisotopic (exact) mass is 592 g/mol. The van der Waals surface area contributed by atoms with Crippen LogP contribution in [0.1, 0.15) is 71.6 Å². The Bertz CT molecular complexity index is 1570. The van der Waals surface area contributed by atoms with Crippen LogP contribution in [-0.2, 0) is 10.2 Å². The molecule has 10 nitrogen and oxygen atoms in total. The van der Waals surface area contributed by atoms with Gasteiger partial charge in [0.05, 0.1) is 25.2 Å². The standard InChI is InChI=1S/C34H36N6O4/c1-34(2,3)24-11-13-26(14-12-24)40(33(43)28-21-36-22-37-28)30(23-8-7-17-35-20-23)31(41)38-25-15-18-39(19-16-25)32(42)27-9-5-6-10-29(27)44-4/h5,7-9,11-14,17,20-22,25,30H,15-16,18-19H2,1-4H3,(H,36,37)(H,38,41). The summed E-state index contributed by atoms with van der Waals surface area (Å²) in [6.45, 7) is 7.26. The van der Waals surface area contributed by atoms with Gasteiger partial charge in [-0.25, -0.2) is 4.98 Å². The van der Waals surface area contributed by atoms with Crippen molar-refractivity contribution in [1.29, 1.82) is 0 Å². The summed E-state index contributed by atoms with van der Waals surface area (Å²) in [5.41, 5.74) is 2.82. The number of H-pyrrole nitrogens is 1. The number of pyridine rings is 1. The van der Waals surface area contributed by atoms with Gasteiger partial charge in [0.15, 0.2) is 5.75 Å². The second kappa shape index (κ2) is 13.0. The van der Waals surface area contributed by atoms with Gasteiger partial charge in [-0.15, -0.1) is 0 Å². The van der Waals surface area contributed by atoms with Crippen LogP contribution in [0.5, 0.6) is 5.75 Å². The van der Waals surface area contributed by atoms with Gasteiger partial charge in [-0.2, -0.15) is 0 Å². The van der Waals surface area contributed by atoms with E-state index in [0.29, 0.717) is 48.5 Å². The highest BCUT2D eigenvalue weighted by molar-refractivity contribution is 6.09. The molecule has 0 spiro atoms. The van der Waals surface area contributed by atoms with E-state index < -0.39 is 11.9 Å². The molecule has 0 bridgehead atoms. The smallest absolute Gasteiger partial charge is 0.277 e. The lowest BCUT2D eigenvalue weighted by Gasteiger charge is -2.35. The number of imidazole rings is 1. The zero-order valence-corrected chi connectivity index (χ0v) is 25.3. The van der Waals surface area contributed by atoms with Gasteiger partial charge < -0.3 is 19.9 Å². The van der Waals surface area contributed by atoms with E-state index in [4.69, 9.17) is 4.74 Å². The quantitative estimate of drug-likeness (QED) is 0.311. The summed E-state index contributed by atoms with van der Waals surface area (Å²) in [7, 11) is 1.50. The Balaban J connectivity index is 1.40. The predicted octanol–water partition coefficient (Wildman–Crippen LogP) is 4.52. The molecule has 0 aliphatic carbocycles. The van der Waals surface area contributed by atoms with Gasteiger partial charge in [-0.3, -0.25) is 24.3 Å². The molecule has 1 unspecified atom stereocenters. The van der Waals surface area contributed by atoms with Crippen LogP contribution in [0.15, 0.2) is 73.4 Å². The van der Waals surface area contributed by atoms with Crippen LogP contribution < -0.4 is 15.0 Å². The predicted molar refractivity (Wildman–Crippen MR) is 165 cm³/mol. The third kappa shape index (κ3) is 6.57. The number of carbonyl (C=O) groups excluding carboxylic acids is 3. The maximum absolute atomic E-state index is 14.2. The Labute approximate surface area is 257 Å². The fourth-order valence-electron chi connectivity index (χ4n) is 5.35. The summed E-state index contributed by atoms with van der Waals surface area (Å²) in [6.07, 6.45) is 7.21. The number of amides is 3. The Morgan fingerprint density at radius 1 is 1.07 bits per heavy atom. The number of rotatable bonds is 8. The average molecular weight is 593 g/mol. The Morgan fingerprint density at radius 3 is 2.43 bits per heavy atom. The first-order valence-electron chi connectivity index (χ1n) is 14.6. The maximum Gasteiger partial charge on any atom is 0.277 e. The molecular formula is C34H36N6O4. The lowest BCUT2D eigenvalue weighted by atomic mass is 9.87. The SMILES string of the molecule is COc1c#cccc1C(=O)N1CCC(NC(=O)C(c2cccnc2)N(C(=O)c2cnc[nH]2)c2ccc(C(C)(C)C)cc2)CC1. The molecule has 1 aliphatic heterocycles. The normalized spacial score (nSPS) is 14.3. The maximum atomic E-state index is 14.2. The van der Waals surface area contributed by atoms with Crippen molar-refractivity contribution in [1.82, 2.24) is 25.2 Å². The van der Waals surface area contributed by atoms with Crippen molar-refractivity contribution >= 4 is 23.4 Å². The minimum absolute atomic E-state index is 0.0878. The Morgan fingerprint density at radius 2 is 1.82 bits per heavy atom. The highest BCUT2D eigenvalue weighted by Crippen LogP contribution is 2.32. The molecule has 1 saturated heterocycles. The number of nitrogens with one attached hydrogen (secondary N) is 2. The van der Waals surface area contributed by atoms with Crippen LogP contribution in [0.4, 0.5) is 5.69 Å². The molecule has 5 rings (SSSR count). The largest absolute Gasteiger partial charge is 0.488 e. The van der Waals surface area contributed by atoms with Gasteiger partial charge in [0, 0.05) is 42.8 Å². The van der Waals surface area contributed by atoms with Crippen molar-refractivity contribution in [2.75, 3.05) is 25.1 Å². The summed E-state index contributed by atoms with van der Waals surface area (Å²) in [4.78, 5) is 55.8. The fraction of sp³-hybridized carbons (Fsp3) is 0.324. The fourth-order valence-corrected chi connectivity index (χ4v) is 5.35. The molecular weight excluding hydrogens is 556 g/mol. The minimum Gasteiger partial charge on any atom is -0.488 e. The Kier molecular flexibility index (Phi) is 8.95. The summed E-state index contributed by atoms with van der Waals surface area (Å²) in [6, 6.07) is 18.9. The van der Waals surface area contributed by atoms with Gasteiger partial charge in [0.2, 0.25) is 5.91 Å². The lowest BCUT2D eigenvalue weighted by molar-refractivity contribution is -0.123. The minimum atomic E-state index is -1.01.